The summed E-state index contributed by atoms with van der Waals surface area (Å²) in [5.41, 5.74) is 0.924. The highest BCUT2D eigenvalue weighted by Gasteiger charge is 2.22. The van der Waals surface area contributed by atoms with Crippen LogP contribution in [0.3, 0.4) is 0 Å². The lowest BCUT2D eigenvalue weighted by molar-refractivity contribution is 0.201. The summed E-state index contributed by atoms with van der Waals surface area (Å²) >= 11 is 0. The normalized spacial score (nSPS) is 19.0. The molecule has 4 heterocycles. The maximum Gasteiger partial charge on any atom is 0.254 e. The van der Waals surface area contributed by atoms with Crippen LogP contribution in [0.2, 0.25) is 0 Å². The zero-order valence-corrected chi connectivity index (χ0v) is 13.8. The summed E-state index contributed by atoms with van der Waals surface area (Å²) in [7, 11) is 0. The first-order valence-electron chi connectivity index (χ1n) is 8.13. The lowest BCUT2D eigenvalue weighted by atomic mass is 10.1. The van der Waals surface area contributed by atoms with E-state index in [2.05, 4.69) is 35.4 Å². The van der Waals surface area contributed by atoms with Gasteiger partial charge in [0.25, 0.3) is 5.78 Å². The van der Waals surface area contributed by atoms with E-state index in [1.54, 1.807) is 4.52 Å². The van der Waals surface area contributed by atoms with Crippen LogP contribution in [0.15, 0.2) is 16.9 Å². The van der Waals surface area contributed by atoms with Gasteiger partial charge in [-0.25, -0.2) is 4.98 Å². The van der Waals surface area contributed by atoms with Gasteiger partial charge in [-0.1, -0.05) is 5.16 Å². The molecule has 1 fully saturated rings. The van der Waals surface area contributed by atoms with Crippen molar-refractivity contribution in [1.29, 1.82) is 0 Å². The zero-order valence-electron chi connectivity index (χ0n) is 13.8. The van der Waals surface area contributed by atoms with Gasteiger partial charge in [-0.05, 0) is 26.3 Å². The Morgan fingerprint density at radius 3 is 3.08 bits per heavy atom. The van der Waals surface area contributed by atoms with Gasteiger partial charge in [0.15, 0.2) is 5.82 Å². The maximum atomic E-state index is 5.05. The van der Waals surface area contributed by atoms with E-state index in [1.165, 1.54) is 6.33 Å². The van der Waals surface area contributed by atoms with E-state index in [4.69, 9.17) is 4.52 Å². The Morgan fingerprint density at radius 1 is 1.33 bits per heavy atom. The molecule has 1 atom stereocenters. The average Bonchev–Trinajstić information content (AvgIpc) is 3.16. The van der Waals surface area contributed by atoms with Crippen LogP contribution in [0.4, 0.5) is 5.82 Å². The summed E-state index contributed by atoms with van der Waals surface area (Å²) in [5, 5.41) is 11.8. The predicted octanol–water partition coefficient (Wildman–Crippen LogP) is 1.20. The number of aryl methyl sites for hydroxylation is 2. The minimum atomic E-state index is 0.334. The van der Waals surface area contributed by atoms with Crippen molar-refractivity contribution in [3.63, 3.8) is 0 Å². The Balaban J connectivity index is 1.47. The first-order chi connectivity index (χ1) is 11.7. The maximum absolute atomic E-state index is 5.05. The number of fused-ring (bicyclic) bond motifs is 1. The first-order valence-corrected chi connectivity index (χ1v) is 8.13. The van der Waals surface area contributed by atoms with Gasteiger partial charge in [-0.15, -0.1) is 0 Å². The lowest BCUT2D eigenvalue weighted by Gasteiger charge is -2.32. The summed E-state index contributed by atoms with van der Waals surface area (Å²) in [5.74, 6) is 2.90. The highest BCUT2D eigenvalue weighted by atomic mass is 16.5. The summed E-state index contributed by atoms with van der Waals surface area (Å²) in [6, 6.07) is 2.34. The standard InChI is InChI=1S/C15H20N8O/c1-10-6-14(23-15(18-10)16-9-17-23)20-12-4-3-5-22(7-12)8-13-19-11(2)24-21-13/h6,9,12,20H,3-5,7-8H2,1-2H3. The van der Waals surface area contributed by atoms with Crippen LogP contribution >= 0.6 is 0 Å². The number of hydrogen-bond acceptors (Lipinski definition) is 8. The van der Waals surface area contributed by atoms with Crippen LogP contribution in [0, 0.1) is 13.8 Å². The molecule has 0 aromatic carbocycles. The molecule has 0 radical (unpaired) electrons. The number of likely N-dealkylation sites (tertiary alicyclic amines) is 1. The molecule has 0 bridgehead atoms. The third-order valence-electron chi connectivity index (χ3n) is 4.17. The molecule has 4 rings (SSSR count). The third-order valence-corrected chi connectivity index (χ3v) is 4.17. The largest absolute Gasteiger partial charge is 0.366 e. The lowest BCUT2D eigenvalue weighted by Crippen LogP contribution is -2.42. The summed E-state index contributed by atoms with van der Waals surface area (Å²) in [6.07, 6.45) is 3.76. The topological polar surface area (TPSA) is 97.3 Å². The van der Waals surface area contributed by atoms with Crippen molar-refractivity contribution in [3.05, 3.63) is 29.8 Å². The number of piperidine rings is 1. The van der Waals surface area contributed by atoms with Gasteiger partial charge in [0, 0.05) is 31.3 Å². The number of anilines is 1. The SMILES string of the molecule is Cc1cc(NC2CCCN(Cc3noc(C)n3)C2)n2ncnc2n1. The van der Waals surface area contributed by atoms with Crippen molar-refractivity contribution in [1.82, 2.24) is 34.6 Å². The summed E-state index contributed by atoms with van der Waals surface area (Å²) < 4.78 is 6.80. The van der Waals surface area contributed by atoms with Gasteiger partial charge in [0.2, 0.25) is 5.89 Å². The number of nitrogens with one attached hydrogen (secondary N) is 1. The Kier molecular flexibility index (Phi) is 3.85. The molecule has 1 saturated heterocycles. The van der Waals surface area contributed by atoms with Gasteiger partial charge < -0.3 is 9.84 Å². The molecule has 3 aromatic rings. The molecule has 9 heteroatoms. The molecule has 1 unspecified atom stereocenters. The van der Waals surface area contributed by atoms with Crippen LogP contribution in [0.25, 0.3) is 5.78 Å². The molecule has 1 aliphatic heterocycles. The highest BCUT2D eigenvalue weighted by molar-refractivity contribution is 5.45. The van der Waals surface area contributed by atoms with E-state index >= 15 is 0 Å². The van der Waals surface area contributed by atoms with E-state index in [1.807, 2.05) is 19.9 Å². The van der Waals surface area contributed by atoms with Gasteiger partial charge in [-0.2, -0.15) is 19.6 Å². The average molecular weight is 328 g/mol. The summed E-state index contributed by atoms with van der Waals surface area (Å²) in [6.45, 7) is 6.45. The first kappa shape index (κ1) is 15.0. The van der Waals surface area contributed by atoms with Gasteiger partial charge in [0.1, 0.15) is 12.1 Å². The molecule has 1 aliphatic rings. The van der Waals surface area contributed by atoms with Crippen LogP contribution in [0.1, 0.15) is 30.3 Å². The Morgan fingerprint density at radius 2 is 2.25 bits per heavy atom. The minimum absolute atomic E-state index is 0.334. The predicted molar refractivity (Wildman–Crippen MR) is 86.5 cm³/mol. The second-order valence-corrected chi connectivity index (χ2v) is 6.20. The van der Waals surface area contributed by atoms with Crippen LogP contribution < -0.4 is 5.32 Å². The van der Waals surface area contributed by atoms with Crippen molar-refractivity contribution in [3.8, 4) is 0 Å². The van der Waals surface area contributed by atoms with Crippen LogP contribution in [0.5, 0.6) is 0 Å². The van der Waals surface area contributed by atoms with E-state index in [-0.39, 0.29) is 0 Å². The molecule has 0 aliphatic carbocycles. The molecule has 0 saturated carbocycles. The fourth-order valence-corrected chi connectivity index (χ4v) is 3.17. The van der Waals surface area contributed by atoms with Crippen molar-refractivity contribution < 1.29 is 4.52 Å². The number of rotatable bonds is 4. The molecular weight excluding hydrogens is 308 g/mol. The zero-order chi connectivity index (χ0) is 16.5. The van der Waals surface area contributed by atoms with Crippen molar-refractivity contribution in [2.75, 3.05) is 18.4 Å². The fraction of sp³-hybridized carbons (Fsp3) is 0.533. The molecule has 9 nitrogen and oxygen atoms in total. The Hall–Kier alpha value is -2.55. The molecule has 0 spiro atoms. The van der Waals surface area contributed by atoms with E-state index in [9.17, 15) is 0 Å². The minimum Gasteiger partial charge on any atom is -0.366 e. The molecule has 126 valence electrons. The molecule has 24 heavy (non-hydrogen) atoms. The molecular formula is C15H20N8O. The van der Waals surface area contributed by atoms with Gasteiger partial charge in [-0.3, -0.25) is 4.90 Å². The molecule has 1 N–H and O–H groups in total. The van der Waals surface area contributed by atoms with Gasteiger partial charge in [0.05, 0.1) is 6.54 Å². The van der Waals surface area contributed by atoms with Crippen molar-refractivity contribution >= 4 is 11.6 Å². The van der Waals surface area contributed by atoms with E-state index in [0.717, 1.165) is 43.3 Å². The van der Waals surface area contributed by atoms with Crippen LogP contribution in [-0.2, 0) is 6.54 Å². The van der Waals surface area contributed by atoms with E-state index < -0.39 is 0 Å². The number of nitrogens with zero attached hydrogens (tertiary/aromatic N) is 7. The second-order valence-electron chi connectivity index (χ2n) is 6.20. The molecule has 0 amide bonds. The van der Waals surface area contributed by atoms with Crippen molar-refractivity contribution in [2.24, 2.45) is 0 Å². The smallest absolute Gasteiger partial charge is 0.254 e. The van der Waals surface area contributed by atoms with Crippen molar-refractivity contribution in [2.45, 2.75) is 39.3 Å². The summed E-state index contributed by atoms with van der Waals surface area (Å²) in [4.78, 5) is 15.2. The third kappa shape index (κ3) is 3.07. The van der Waals surface area contributed by atoms with E-state index in [0.29, 0.717) is 24.3 Å². The Labute approximate surface area is 139 Å². The fourth-order valence-electron chi connectivity index (χ4n) is 3.17. The Bertz CT molecular complexity index is 841. The highest BCUT2D eigenvalue weighted by Crippen LogP contribution is 2.18. The molecule has 3 aromatic heterocycles. The second kappa shape index (κ2) is 6.16. The van der Waals surface area contributed by atoms with Gasteiger partial charge >= 0.3 is 0 Å². The van der Waals surface area contributed by atoms with Crippen LogP contribution in [-0.4, -0.2) is 53.8 Å². The number of aromatic nitrogens is 6. The quantitative estimate of drug-likeness (QED) is 0.763. The monoisotopic (exact) mass is 328 g/mol. The number of hydrogen-bond donors (Lipinski definition) is 1.